The summed E-state index contributed by atoms with van der Waals surface area (Å²) in [5.74, 6) is 0.549. The zero-order chi connectivity index (χ0) is 52.1. The molecule has 10 rings (SSSR count). The smallest absolute Gasteiger partial charge is 0.307 e. The quantitative estimate of drug-likeness (QED) is 0.0399. The fourth-order valence-corrected chi connectivity index (χ4v) is 12.1. The van der Waals surface area contributed by atoms with Crippen molar-refractivity contribution >= 4 is 88.0 Å². The van der Waals surface area contributed by atoms with Crippen molar-refractivity contribution in [1.82, 2.24) is 18.9 Å². The van der Waals surface area contributed by atoms with Crippen molar-refractivity contribution in [3.05, 3.63) is 141 Å². The minimum Gasteiger partial charge on any atom is -0.494 e. The first-order chi connectivity index (χ1) is 37.3. The molecule has 0 aliphatic carbocycles. The largest absolute Gasteiger partial charge is 0.494 e. The van der Waals surface area contributed by atoms with Crippen LogP contribution in [0.2, 0.25) is 0 Å². The number of thiophene rings is 2. The first-order valence-electron chi connectivity index (χ1n) is 27.0. The van der Waals surface area contributed by atoms with E-state index in [1.165, 1.54) is 52.8 Å². The first-order valence-corrected chi connectivity index (χ1v) is 28.8. The molecule has 0 bridgehead atoms. The Balaban J connectivity index is 0.586. The molecule has 16 heteroatoms. The molecule has 14 nitrogen and oxygen atoms in total. The van der Waals surface area contributed by atoms with E-state index >= 15 is 0 Å². The molecule has 0 radical (unpaired) electrons. The summed E-state index contributed by atoms with van der Waals surface area (Å²) < 4.78 is 29.0. The lowest BCUT2D eigenvalue weighted by atomic mass is 10.1. The highest BCUT2D eigenvalue weighted by Crippen LogP contribution is 2.33. The lowest BCUT2D eigenvalue weighted by molar-refractivity contribution is -0.148. The zero-order valence-electron chi connectivity index (χ0n) is 43.3. The van der Waals surface area contributed by atoms with Gasteiger partial charge in [0.1, 0.15) is 11.5 Å². The molecule has 2 aliphatic heterocycles. The van der Waals surface area contributed by atoms with E-state index in [1.807, 2.05) is 36.4 Å². The molecule has 0 unspecified atom stereocenters. The molecule has 4 aromatic heterocycles. The van der Waals surface area contributed by atoms with Gasteiger partial charge < -0.3 is 28.7 Å². The van der Waals surface area contributed by atoms with Crippen LogP contribution in [0.5, 0.6) is 11.5 Å². The monoisotopic (exact) mass is 1060 g/mol. The van der Waals surface area contributed by atoms with Gasteiger partial charge in [0.05, 0.1) is 24.2 Å². The van der Waals surface area contributed by atoms with Gasteiger partial charge in [-0.3, -0.25) is 38.1 Å². The maximum atomic E-state index is 13.0. The summed E-state index contributed by atoms with van der Waals surface area (Å²) in [6.45, 7) is 11.1. The Morgan fingerprint density at radius 1 is 0.461 bits per heavy atom. The first kappa shape index (κ1) is 52.7. The van der Waals surface area contributed by atoms with Gasteiger partial charge >= 0.3 is 11.9 Å². The third kappa shape index (κ3) is 13.4. The molecule has 0 N–H and O–H groups in total. The van der Waals surface area contributed by atoms with Crippen LogP contribution in [-0.2, 0) is 32.5 Å². The van der Waals surface area contributed by atoms with E-state index in [-0.39, 0.29) is 37.4 Å². The molecule has 2 aliphatic rings. The summed E-state index contributed by atoms with van der Waals surface area (Å²) >= 11 is 3.59. The van der Waals surface area contributed by atoms with Crippen molar-refractivity contribution in [2.24, 2.45) is 0 Å². The average molecular weight is 1070 g/mol. The summed E-state index contributed by atoms with van der Waals surface area (Å²) in [5.41, 5.74) is 3.44. The lowest BCUT2D eigenvalue weighted by Crippen LogP contribution is -2.46. The number of rotatable bonds is 25. The number of carbonyl (C=O) groups excluding carboxylic acids is 2. The molecular weight excluding hydrogens is 997 g/mol. The van der Waals surface area contributed by atoms with Crippen LogP contribution in [0.4, 0.5) is 11.4 Å². The van der Waals surface area contributed by atoms with Crippen LogP contribution in [0.25, 0.3) is 42.0 Å². The van der Waals surface area contributed by atoms with Gasteiger partial charge in [0, 0.05) is 121 Å². The number of piperazine rings is 2. The van der Waals surface area contributed by atoms with Crippen LogP contribution in [0.3, 0.4) is 0 Å². The molecule has 0 atom stereocenters. The third-order valence-electron chi connectivity index (χ3n) is 14.8. The number of aromatic nitrogens is 2. The van der Waals surface area contributed by atoms with Crippen molar-refractivity contribution in [2.75, 3.05) is 88.5 Å². The van der Waals surface area contributed by atoms with E-state index in [2.05, 4.69) is 78.9 Å². The van der Waals surface area contributed by atoms with Crippen molar-refractivity contribution in [1.29, 1.82) is 0 Å². The molecule has 8 aromatic rings. The van der Waals surface area contributed by atoms with Gasteiger partial charge in [-0.1, -0.05) is 25.0 Å². The van der Waals surface area contributed by atoms with Gasteiger partial charge in [0.15, 0.2) is 13.5 Å². The summed E-state index contributed by atoms with van der Waals surface area (Å²) in [5, 5.41) is 8.73. The van der Waals surface area contributed by atoms with Gasteiger partial charge in [-0.25, -0.2) is 0 Å². The second-order valence-electron chi connectivity index (χ2n) is 19.8. The minimum absolute atomic E-state index is 0.192. The van der Waals surface area contributed by atoms with Crippen molar-refractivity contribution < 1.29 is 28.5 Å². The number of fused-ring (bicyclic) bond motifs is 4. The summed E-state index contributed by atoms with van der Waals surface area (Å²) in [6.07, 6.45) is 6.89. The number of ether oxygens (including phenoxy) is 4. The predicted molar refractivity (Wildman–Crippen MR) is 307 cm³/mol. The number of unbranched alkanes of at least 4 members (excludes halogenated alkanes) is 5. The molecular formula is C60H68N6O8S2. The third-order valence-corrected chi connectivity index (χ3v) is 16.6. The number of benzene rings is 4. The molecule has 4 aromatic carbocycles. The normalized spacial score (nSPS) is 14.5. The van der Waals surface area contributed by atoms with E-state index in [9.17, 15) is 19.2 Å². The Kier molecular flexibility index (Phi) is 17.9. The van der Waals surface area contributed by atoms with E-state index in [1.54, 1.807) is 34.8 Å². The SMILES string of the molecule is O=C(CCCCCCC(=O)OCn1c(=O)ccc2ccc(OCCCCN3CCN(c4cccc5sccc45)CC3)cc21)OCn1c(=O)ccc2ccc(OCCCCN3CCN(c4cccc5sccc45)CC3)cc21. The van der Waals surface area contributed by atoms with Gasteiger partial charge in [-0.2, -0.15) is 0 Å². The molecule has 398 valence electrons. The molecule has 6 heterocycles. The summed E-state index contributed by atoms with van der Waals surface area (Å²) in [4.78, 5) is 61.6. The fraction of sp³-hybridized carbons (Fsp3) is 0.400. The molecule has 0 saturated carbocycles. The highest BCUT2D eigenvalue weighted by atomic mass is 32.1. The second-order valence-corrected chi connectivity index (χ2v) is 21.7. The Bertz CT molecular complexity index is 3130. The van der Waals surface area contributed by atoms with E-state index in [0.717, 1.165) is 115 Å². The Morgan fingerprint density at radius 2 is 0.895 bits per heavy atom. The van der Waals surface area contributed by atoms with E-state index in [4.69, 9.17) is 18.9 Å². The number of hydrogen-bond acceptors (Lipinski definition) is 14. The van der Waals surface area contributed by atoms with Crippen LogP contribution in [0, 0.1) is 0 Å². The van der Waals surface area contributed by atoms with Gasteiger partial charge in [0.25, 0.3) is 11.1 Å². The fourth-order valence-electron chi connectivity index (χ4n) is 10.5. The van der Waals surface area contributed by atoms with E-state index in [0.29, 0.717) is 48.6 Å². The van der Waals surface area contributed by atoms with Crippen molar-refractivity contribution in [3.8, 4) is 11.5 Å². The topological polar surface area (TPSA) is 128 Å². The molecule has 2 fully saturated rings. The van der Waals surface area contributed by atoms with Crippen LogP contribution >= 0.6 is 22.7 Å². The highest BCUT2D eigenvalue weighted by molar-refractivity contribution is 7.17. The molecule has 76 heavy (non-hydrogen) atoms. The molecule has 0 amide bonds. The second kappa shape index (κ2) is 25.9. The predicted octanol–water partition coefficient (Wildman–Crippen LogP) is 10.8. The number of anilines is 2. The Hall–Kier alpha value is -6.72. The summed E-state index contributed by atoms with van der Waals surface area (Å²) in [7, 11) is 0. The van der Waals surface area contributed by atoms with E-state index < -0.39 is 11.9 Å². The van der Waals surface area contributed by atoms with Crippen LogP contribution < -0.4 is 30.4 Å². The van der Waals surface area contributed by atoms with Gasteiger partial charge in [0.2, 0.25) is 0 Å². The maximum absolute atomic E-state index is 13.0. The minimum atomic E-state index is -0.394. The maximum Gasteiger partial charge on any atom is 0.307 e. The highest BCUT2D eigenvalue weighted by Gasteiger charge is 2.21. The summed E-state index contributed by atoms with van der Waals surface area (Å²) in [6, 6.07) is 35.5. The van der Waals surface area contributed by atoms with Crippen molar-refractivity contribution in [2.45, 2.75) is 77.7 Å². The number of pyridine rings is 2. The number of nitrogens with zero attached hydrogens (tertiary/aromatic N) is 6. The lowest BCUT2D eigenvalue weighted by Gasteiger charge is -2.36. The van der Waals surface area contributed by atoms with Crippen LogP contribution in [0.1, 0.15) is 64.2 Å². The number of esters is 2. The van der Waals surface area contributed by atoms with Crippen LogP contribution in [0.15, 0.2) is 130 Å². The molecule has 2 saturated heterocycles. The average Bonchev–Trinajstić information content (AvgIpc) is 4.17. The van der Waals surface area contributed by atoms with Gasteiger partial charge in [-0.15, -0.1) is 22.7 Å². The number of carbonyl (C=O) groups is 2. The van der Waals surface area contributed by atoms with Crippen LogP contribution in [-0.4, -0.2) is 110 Å². The Labute approximate surface area is 451 Å². The van der Waals surface area contributed by atoms with Crippen molar-refractivity contribution in [3.63, 3.8) is 0 Å². The zero-order valence-corrected chi connectivity index (χ0v) is 44.9. The van der Waals surface area contributed by atoms with Gasteiger partial charge in [-0.05, 0) is 146 Å². The number of hydrogen-bond donors (Lipinski definition) is 0. The molecule has 0 spiro atoms. The standard InChI is InChI=1S/C60H68N6O8S2/c67-57-23-19-45-17-21-47(71-37-7-5-27-61-29-33-63(34-30-61)51-11-9-13-55-49(51)25-39-75-55)41-53(45)65(57)43-73-59(69)15-3-1-2-4-16-60(70)74-44-66-54-42-48(22-18-46(54)20-24-58(66)68)72-38-8-6-28-62-31-35-64(36-32-62)52-12-10-14-56-50(52)26-40-76-56/h9-14,17-26,39-42H,1-8,15-16,27-38,43-44H2. The Morgan fingerprint density at radius 3 is 1.34 bits per heavy atom.